The highest BCUT2D eigenvalue weighted by Gasteiger charge is 2.35. The average molecular weight is 318 g/mol. The molecule has 5 nitrogen and oxygen atoms in total. The van der Waals surface area contributed by atoms with Gasteiger partial charge in [-0.3, -0.25) is 9.59 Å². The van der Waals surface area contributed by atoms with E-state index in [-0.39, 0.29) is 17.7 Å². The van der Waals surface area contributed by atoms with E-state index < -0.39 is 17.9 Å². The Bertz CT molecular complexity index is 557. The van der Waals surface area contributed by atoms with Crippen LogP contribution in [0.5, 0.6) is 0 Å². The zero-order chi connectivity index (χ0) is 17.0. The summed E-state index contributed by atoms with van der Waals surface area (Å²) in [6.45, 7) is 5.51. The lowest BCUT2D eigenvalue weighted by molar-refractivity contribution is -0.141. The number of primary amides is 1. The molecule has 2 unspecified atom stereocenters. The number of aliphatic hydroxyl groups is 1. The third-order valence-electron chi connectivity index (χ3n) is 4.51. The molecule has 0 radical (unpaired) electrons. The number of hydrogen-bond acceptors (Lipinski definition) is 3. The SMILES string of the molecule is CC1(C)CCN(C(=O)C(O)CC(Cc2ccccc2)C(N)=O)C1. The van der Waals surface area contributed by atoms with Gasteiger partial charge in [0.1, 0.15) is 6.10 Å². The van der Waals surface area contributed by atoms with Crippen LogP contribution in [-0.4, -0.2) is 41.0 Å². The molecule has 0 spiro atoms. The normalized spacial score (nSPS) is 19.3. The number of aliphatic hydroxyl groups excluding tert-OH is 1. The summed E-state index contributed by atoms with van der Waals surface area (Å²) in [6.07, 6.45) is 0.255. The number of hydrogen-bond donors (Lipinski definition) is 2. The lowest BCUT2D eigenvalue weighted by Crippen LogP contribution is -2.41. The molecular weight excluding hydrogens is 292 g/mol. The molecule has 23 heavy (non-hydrogen) atoms. The quantitative estimate of drug-likeness (QED) is 0.830. The van der Waals surface area contributed by atoms with Crippen molar-refractivity contribution < 1.29 is 14.7 Å². The Morgan fingerprint density at radius 3 is 2.48 bits per heavy atom. The number of nitrogens with zero attached hydrogens (tertiary/aromatic N) is 1. The summed E-state index contributed by atoms with van der Waals surface area (Å²) in [5.74, 6) is -1.33. The Labute approximate surface area is 137 Å². The van der Waals surface area contributed by atoms with E-state index in [0.29, 0.717) is 19.5 Å². The summed E-state index contributed by atoms with van der Waals surface area (Å²) in [4.78, 5) is 25.7. The first-order chi connectivity index (χ1) is 10.8. The van der Waals surface area contributed by atoms with Gasteiger partial charge in [0.2, 0.25) is 5.91 Å². The Hall–Kier alpha value is -1.88. The highest BCUT2D eigenvalue weighted by molar-refractivity contribution is 5.83. The third-order valence-corrected chi connectivity index (χ3v) is 4.51. The maximum atomic E-state index is 12.4. The van der Waals surface area contributed by atoms with Gasteiger partial charge >= 0.3 is 0 Å². The molecule has 1 aromatic carbocycles. The van der Waals surface area contributed by atoms with E-state index in [0.717, 1.165) is 12.0 Å². The lowest BCUT2D eigenvalue weighted by atomic mass is 9.92. The summed E-state index contributed by atoms with van der Waals surface area (Å²) in [5.41, 5.74) is 6.51. The van der Waals surface area contributed by atoms with Crippen molar-refractivity contribution in [2.45, 2.75) is 39.2 Å². The van der Waals surface area contributed by atoms with Crippen molar-refractivity contribution >= 4 is 11.8 Å². The van der Waals surface area contributed by atoms with Crippen LogP contribution in [0.4, 0.5) is 0 Å². The molecule has 2 amide bonds. The van der Waals surface area contributed by atoms with Crippen LogP contribution >= 0.6 is 0 Å². The molecule has 1 heterocycles. The topological polar surface area (TPSA) is 83.6 Å². The van der Waals surface area contributed by atoms with Crippen LogP contribution < -0.4 is 5.73 Å². The fourth-order valence-corrected chi connectivity index (χ4v) is 3.08. The van der Waals surface area contributed by atoms with E-state index in [1.54, 1.807) is 4.90 Å². The van der Waals surface area contributed by atoms with Gasteiger partial charge < -0.3 is 15.7 Å². The maximum absolute atomic E-state index is 12.4. The summed E-state index contributed by atoms with van der Waals surface area (Å²) in [7, 11) is 0. The monoisotopic (exact) mass is 318 g/mol. The van der Waals surface area contributed by atoms with Gasteiger partial charge in [0.05, 0.1) is 0 Å². The van der Waals surface area contributed by atoms with Crippen LogP contribution in [0, 0.1) is 11.3 Å². The van der Waals surface area contributed by atoms with Gasteiger partial charge in [-0.2, -0.15) is 0 Å². The van der Waals surface area contributed by atoms with Gasteiger partial charge in [-0.1, -0.05) is 44.2 Å². The first-order valence-corrected chi connectivity index (χ1v) is 8.08. The van der Waals surface area contributed by atoms with Crippen molar-refractivity contribution in [3.8, 4) is 0 Å². The largest absolute Gasteiger partial charge is 0.383 e. The standard InChI is InChI=1S/C18H26N2O3/c1-18(2)8-9-20(12-18)17(23)15(21)11-14(16(19)22)10-13-6-4-3-5-7-13/h3-7,14-15,21H,8-12H2,1-2H3,(H2,19,22). The van der Waals surface area contributed by atoms with Gasteiger partial charge in [0.15, 0.2) is 0 Å². The van der Waals surface area contributed by atoms with Gasteiger partial charge in [0.25, 0.3) is 5.91 Å². The van der Waals surface area contributed by atoms with Gasteiger partial charge in [-0.05, 0) is 30.2 Å². The second kappa shape index (κ2) is 7.13. The number of nitrogens with two attached hydrogens (primary N) is 1. The van der Waals surface area contributed by atoms with E-state index in [9.17, 15) is 14.7 Å². The lowest BCUT2D eigenvalue weighted by Gasteiger charge is -2.24. The summed E-state index contributed by atoms with van der Waals surface area (Å²) >= 11 is 0. The molecule has 0 aliphatic carbocycles. The number of amides is 2. The average Bonchev–Trinajstić information content (AvgIpc) is 2.86. The van der Waals surface area contributed by atoms with Crippen LogP contribution in [0.25, 0.3) is 0 Å². The third kappa shape index (κ3) is 4.79. The fourth-order valence-electron chi connectivity index (χ4n) is 3.08. The van der Waals surface area contributed by atoms with E-state index in [2.05, 4.69) is 13.8 Å². The van der Waals surface area contributed by atoms with E-state index >= 15 is 0 Å². The number of likely N-dealkylation sites (tertiary alicyclic amines) is 1. The van der Waals surface area contributed by atoms with Gasteiger partial charge in [-0.15, -0.1) is 0 Å². The summed E-state index contributed by atoms with van der Waals surface area (Å²) in [6, 6.07) is 9.50. The molecule has 126 valence electrons. The highest BCUT2D eigenvalue weighted by atomic mass is 16.3. The van der Waals surface area contributed by atoms with Crippen LogP contribution in [0.15, 0.2) is 30.3 Å². The molecule has 1 fully saturated rings. The molecule has 1 aliphatic heterocycles. The van der Waals surface area contributed by atoms with Crippen molar-refractivity contribution in [1.29, 1.82) is 0 Å². The second-order valence-electron chi connectivity index (χ2n) is 7.21. The van der Waals surface area contributed by atoms with E-state index in [1.807, 2.05) is 30.3 Å². The van der Waals surface area contributed by atoms with Crippen LogP contribution in [-0.2, 0) is 16.0 Å². The molecule has 2 rings (SSSR count). The molecule has 5 heteroatoms. The number of benzene rings is 1. The van der Waals surface area contributed by atoms with Crippen molar-refractivity contribution in [1.82, 2.24) is 4.90 Å². The van der Waals surface area contributed by atoms with Crippen molar-refractivity contribution in [2.24, 2.45) is 17.1 Å². The van der Waals surface area contributed by atoms with E-state index in [1.165, 1.54) is 0 Å². The summed E-state index contributed by atoms with van der Waals surface area (Å²) < 4.78 is 0. The molecule has 0 bridgehead atoms. The molecule has 1 saturated heterocycles. The Morgan fingerprint density at radius 2 is 1.96 bits per heavy atom. The van der Waals surface area contributed by atoms with Crippen molar-refractivity contribution in [2.75, 3.05) is 13.1 Å². The molecule has 0 aromatic heterocycles. The molecule has 2 atom stereocenters. The van der Waals surface area contributed by atoms with Crippen molar-refractivity contribution in [3.05, 3.63) is 35.9 Å². The van der Waals surface area contributed by atoms with Gasteiger partial charge in [0, 0.05) is 19.0 Å². The zero-order valence-electron chi connectivity index (χ0n) is 13.9. The predicted octanol–water partition coefficient (Wildman–Crippen LogP) is 1.34. The highest BCUT2D eigenvalue weighted by Crippen LogP contribution is 2.29. The zero-order valence-corrected chi connectivity index (χ0v) is 13.9. The first kappa shape index (κ1) is 17.5. The minimum atomic E-state index is -1.18. The van der Waals surface area contributed by atoms with Crippen LogP contribution in [0.3, 0.4) is 0 Å². The number of carbonyl (C=O) groups is 2. The number of carbonyl (C=O) groups excluding carboxylic acids is 2. The second-order valence-corrected chi connectivity index (χ2v) is 7.21. The van der Waals surface area contributed by atoms with Gasteiger partial charge in [-0.25, -0.2) is 0 Å². The van der Waals surface area contributed by atoms with Crippen molar-refractivity contribution in [3.63, 3.8) is 0 Å². The van der Waals surface area contributed by atoms with Crippen LogP contribution in [0.1, 0.15) is 32.3 Å². The molecule has 3 N–H and O–H groups in total. The fraction of sp³-hybridized carbons (Fsp3) is 0.556. The Balaban J connectivity index is 1.96. The Kier molecular flexibility index (Phi) is 5.42. The molecule has 0 saturated carbocycles. The molecular formula is C18H26N2O3. The predicted molar refractivity (Wildman–Crippen MR) is 88.4 cm³/mol. The maximum Gasteiger partial charge on any atom is 0.251 e. The molecule has 1 aliphatic rings. The van der Waals surface area contributed by atoms with Crippen LogP contribution in [0.2, 0.25) is 0 Å². The smallest absolute Gasteiger partial charge is 0.251 e. The molecule has 1 aromatic rings. The Morgan fingerprint density at radius 1 is 1.30 bits per heavy atom. The minimum Gasteiger partial charge on any atom is -0.383 e. The van der Waals surface area contributed by atoms with E-state index in [4.69, 9.17) is 5.73 Å². The summed E-state index contributed by atoms with van der Waals surface area (Å²) in [5, 5.41) is 10.2. The number of rotatable bonds is 6. The minimum absolute atomic E-state index is 0.0694. The first-order valence-electron chi connectivity index (χ1n) is 8.08.